The number of aryl methyl sites for hydroxylation is 2. The first-order valence-corrected chi connectivity index (χ1v) is 8.09. The van der Waals surface area contributed by atoms with Crippen LogP contribution in [0.4, 0.5) is 5.69 Å². The van der Waals surface area contributed by atoms with Crippen molar-refractivity contribution in [3.8, 4) is 0 Å². The van der Waals surface area contributed by atoms with Crippen molar-refractivity contribution in [2.24, 2.45) is 0 Å². The summed E-state index contributed by atoms with van der Waals surface area (Å²) >= 11 is 0. The number of hydrogen-bond acceptors (Lipinski definition) is 4. The van der Waals surface area contributed by atoms with Crippen molar-refractivity contribution in [1.29, 1.82) is 0 Å². The molecule has 1 atom stereocenters. The largest absolute Gasteiger partial charge is 0.465 e. The van der Waals surface area contributed by atoms with Crippen LogP contribution in [0.2, 0.25) is 0 Å². The zero-order valence-corrected chi connectivity index (χ0v) is 13.1. The summed E-state index contributed by atoms with van der Waals surface area (Å²) in [7, 11) is -3.78. The lowest BCUT2D eigenvalue weighted by atomic mass is 10.3. The Bertz CT molecular complexity index is 705. The Morgan fingerprint density at radius 3 is 2.33 bits per heavy atom. The van der Waals surface area contributed by atoms with Crippen molar-refractivity contribution in [1.82, 2.24) is 0 Å². The third-order valence-electron chi connectivity index (χ3n) is 3.04. The first-order chi connectivity index (χ1) is 9.82. The van der Waals surface area contributed by atoms with Crippen molar-refractivity contribution in [3.05, 3.63) is 47.9 Å². The summed E-state index contributed by atoms with van der Waals surface area (Å²) in [5, 5.41) is 9.64. The summed E-state index contributed by atoms with van der Waals surface area (Å²) in [6.07, 6.45) is -0.784. The maximum Gasteiger partial charge on any atom is 0.267 e. The van der Waals surface area contributed by atoms with Crippen LogP contribution in [0.5, 0.6) is 0 Å². The SMILES string of the molecule is Cc1cc(S(=O)(=O)N(C[C@@H](C)O)c2ccccc2)c(C)o1. The smallest absolute Gasteiger partial charge is 0.267 e. The molecule has 0 amide bonds. The number of anilines is 1. The number of para-hydroxylation sites is 1. The Kier molecular flexibility index (Phi) is 4.39. The minimum Gasteiger partial charge on any atom is -0.465 e. The number of hydrogen-bond donors (Lipinski definition) is 1. The van der Waals surface area contributed by atoms with Crippen molar-refractivity contribution in [2.75, 3.05) is 10.8 Å². The molecule has 1 aromatic heterocycles. The van der Waals surface area contributed by atoms with Gasteiger partial charge in [0, 0.05) is 6.07 Å². The predicted octanol–water partition coefficient (Wildman–Crippen LogP) is 2.47. The zero-order chi connectivity index (χ0) is 15.6. The Hall–Kier alpha value is -1.79. The Balaban J connectivity index is 2.52. The lowest BCUT2D eigenvalue weighted by molar-refractivity contribution is 0.204. The second-order valence-corrected chi connectivity index (χ2v) is 6.83. The highest BCUT2D eigenvalue weighted by atomic mass is 32.2. The van der Waals surface area contributed by atoms with Crippen molar-refractivity contribution >= 4 is 15.7 Å². The van der Waals surface area contributed by atoms with Gasteiger partial charge in [-0.1, -0.05) is 18.2 Å². The van der Waals surface area contributed by atoms with Crippen molar-refractivity contribution in [3.63, 3.8) is 0 Å². The standard InChI is InChI=1S/C15H19NO4S/c1-11(17)10-16(14-7-5-4-6-8-14)21(18,19)15-9-12(2)20-13(15)3/h4-9,11,17H,10H2,1-3H3/t11-/m1/s1. The number of benzene rings is 1. The summed E-state index contributed by atoms with van der Waals surface area (Å²) in [6.45, 7) is 4.86. The number of nitrogens with zero attached hydrogens (tertiary/aromatic N) is 1. The molecule has 1 N–H and O–H groups in total. The topological polar surface area (TPSA) is 70.8 Å². The van der Waals surface area contributed by atoms with E-state index in [1.165, 1.54) is 10.4 Å². The molecule has 0 bridgehead atoms. The molecule has 2 rings (SSSR count). The number of rotatable bonds is 5. The summed E-state index contributed by atoms with van der Waals surface area (Å²) in [5.74, 6) is 0.884. The third kappa shape index (κ3) is 3.28. The highest BCUT2D eigenvalue weighted by Crippen LogP contribution is 2.27. The van der Waals surface area contributed by atoms with Crippen LogP contribution in [0.15, 0.2) is 45.7 Å². The van der Waals surface area contributed by atoms with Crippen LogP contribution in [0, 0.1) is 13.8 Å². The lowest BCUT2D eigenvalue weighted by Crippen LogP contribution is -2.36. The van der Waals surface area contributed by atoms with Crippen molar-refractivity contribution in [2.45, 2.75) is 31.8 Å². The quantitative estimate of drug-likeness (QED) is 0.921. The molecule has 21 heavy (non-hydrogen) atoms. The van der Waals surface area contributed by atoms with Gasteiger partial charge in [0.25, 0.3) is 10.0 Å². The van der Waals surface area contributed by atoms with E-state index >= 15 is 0 Å². The zero-order valence-electron chi connectivity index (χ0n) is 12.3. The molecule has 1 heterocycles. The van der Waals surface area contributed by atoms with E-state index in [2.05, 4.69) is 0 Å². The highest BCUT2D eigenvalue weighted by molar-refractivity contribution is 7.92. The van der Waals surface area contributed by atoms with E-state index in [0.29, 0.717) is 17.2 Å². The van der Waals surface area contributed by atoms with E-state index in [-0.39, 0.29) is 11.4 Å². The molecule has 0 aliphatic rings. The third-order valence-corrected chi connectivity index (χ3v) is 4.94. The van der Waals surface area contributed by atoms with Crippen LogP contribution in [0.1, 0.15) is 18.4 Å². The molecular weight excluding hydrogens is 290 g/mol. The number of aliphatic hydroxyl groups excluding tert-OH is 1. The number of furan rings is 1. The minimum atomic E-state index is -3.78. The normalized spacial score (nSPS) is 13.1. The number of aliphatic hydroxyl groups is 1. The van der Waals surface area contributed by atoms with Crippen molar-refractivity contribution < 1.29 is 17.9 Å². The highest BCUT2D eigenvalue weighted by Gasteiger charge is 2.29. The first-order valence-electron chi connectivity index (χ1n) is 6.65. The summed E-state index contributed by atoms with van der Waals surface area (Å²) < 4.78 is 32.2. The molecule has 0 saturated carbocycles. The first kappa shape index (κ1) is 15.6. The van der Waals surface area contributed by atoms with E-state index in [0.717, 1.165) is 0 Å². The fraction of sp³-hybridized carbons (Fsp3) is 0.333. The minimum absolute atomic E-state index is 0.0178. The van der Waals surface area contributed by atoms with Gasteiger partial charge < -0.3 is 9.52 Å². The second-order valence-electron chi connectivity index (χ2n) is 5.00. The van der Waals surface area contributed by atoms with Crippen LogP contribution < -0.4 is 4.31 Å². The molecule has 114 valence electrons. The summed E-state index contributed by atoms with van der Waals surface area (Å²) in [4.78, 5) is 0.129. The monoisotopic (exact) mass is 309 g/mol. The van der Waals surface area contributed by atoms with Crippen LogP contribution in [-0.2, 0) is 10.0 Å². The van der Waals surface area contributed by atoms with E-state index in [1.807, 2.05) is 6.07 Å². The number of sulfonamides is 1. The molecule has 6 heteroatoms. The molecule has 5 nitrogen and oxygen atoms in total. The Labute approximate surface area is 124 Å². The van der Waals surface area contributed by atoms with Crippen LogP contribution in [0.25, 0.3) is 0 Å². The fourth-order valence-corrected chi connectivity index (χ4v) is 3.93. The molecule has 0 aliphatic heterocycles. The molecule has 0 radical (unpaired) electrons. The molecule has 0 aliphatic carbocycles. The maximum atomic E-state index is 12.9. The Morgan fingerprint density at radius 1 is 1.24 bits per heavy atom. The Morgan fingerprint density at radius 2 is 1.86 bits per heavy atom. The molecule has 0 unspecified atom stereocenters. The van der Waals surface area contributed by atoms with Gasteiger partial charge in [0.15, 0.2) is 0 Å². The van der Waals surface area contributed by atoms with E-state index in [4.69, 9.17) is 4.42 Å². The van der Waals surface area contributed by atoms with Crippen LogP contribution >= 0.6 is 0 Å². The van der Waals surface area contributed by atoms with Gasteiger partial charge >= 0.3 is 0 Å². The van der Waals surface area contributed by atoms with E-state index < -0.39 is 16.1 Å². The van der Waals surface area contributed by atoms with Gasteiger partial charge in [-0.05, 0) is 32.9 Å². The molecule has 0 saturated heterocycles. The fourth-order valence-electron chi connectivity index (χ4n) is 2.16. The van der Waals surface area contributed by atoms with Gasteiger partial charge in [0.05, 0.1) is 18.3 Å². The van der Waals surface area contributed by atoms with E-state index in [1.54, 1.807) is 45.0 Å². The van der Waals surface area contributed by atoms with Gasteiger partial charge in [-0.2, -0.15) is 0 Å². The predicted molar refractivity (Wildman–Crippen MR) is 80.8 cm³/mol. The average Bonchev–Trinajstić information content (AvgIpc) is 2.76. The van der Waals surface area contributed by atoms with Gasteiger partial charge in [-0.25, -0.2) is 8.42 Å². The summed E-state index contributed by atoms with van der Waals surface area (Å²) in [5.41, 5.74) is 0.511. The molecule has 2 aromatic rings. The maximum absolute atomic E-state index is 12.9. The van der Waals surface area contributed by atoms with Crippen LogP contribution in [0.3, 0.4) is 0 Å². The second kappa shape index (κ2) is 5.91. The van der Waals surface area contributed by atoms with Gasteiger partial charge in [0.1, 0.15) is 16.4 Å². The summed E-state index contributed by atoms with van der Waals surface area (Å²) in [6, 6.07) is 10.2. The van der Waals surface area contributed by atoms with Gasteiger partial charge in [-0.3, -0.25) is 4.31 Å². The van der Waals surface area contributed by atoms with Gasteiger partial charge in [-0.15, -0.1) is 0 Å². The van der Waals surface area contributed by atoms with Gasteiger partial charge in [0.2, 0.25) is 0 Å². The molecular formula is C15H19NO4S. The molecule has 0 spiro atoms. The lowest BCUT2D eigenvalue weighted by Gasteiger charge is -2.25. The van der Waals surface area contributed by atoms with E-state index in [9.17, 15) is 13.5 Å². The molecule has 1 aromatic carbocycles. The van der Waals surface area contributed by atoms with Crippen LogP contribution in [-0.4, -0.2) is 26.2 Å². The average molecular weight is 309 g/mol. The molecule has 0 fully saturated rings.